The van der Waals surface area contributed by atoms with Gasteiger partial charge in [0.05, 0.1) is 19.8 Å². The van der Waals surface area contributed by atoms with Crippen LogP contribution in [0.15, 0.2) is 28.7 Å². The van der Waals surface area contributed by atoms with Crippen molar-refractivity contribution in [2.75, 3.05) is 32.8 Å². The van der Waals surface area contributed by atoms with E-state index in [0.29, 0.717) is 19.8 Å². The van der Waals surface area contributed by atoms with E-state index in [0.717, 1.165) is 30.4 Å². The molecule has 2 heterocycles. The minimum absolute atomic E-state index is 0.204. The molecule has 1 unspecified atom stereocenters. The summed E-state index contributed by atoms with van der Waals surface area (Å²) in [5.41, 5.74) is 7.29. The molecule has 2 N–H and O–H groups in total. The third-order valence-corrected chi connectivity index (χ3v) is 4.91. The van der Waals surface area contributed by atoms with Crippen LogP contribution in [0.1, 0.15) is 24.4 Å². The molecular weight excluding hydrogens is 320 g/mol. The van der Waals surface area contributed by atoms with Gasteiger partial charge in [0.1, 0.15) is 0 Å². The molecule has 0 aliphatic carbocycles. The third kappa shape index (κ3) is 2.78. The summed E-state index contributed by atoms with van der Waals surface area (Å²) in [5, 5.41) is 0. The molecular formula is C15H21BrN2O2. The first kappa shape index (κ1) is 14.5. The number of halogens is 1. The van der Waals surface area contributed by atoms with E-state index in [4.69, 9.17) is 15.2 Å². The summed E-state index contributed by atoms with van der Waals surface area (Å²) in [7, 11) is 0. The maximum Gasteiger partial charge on any atom is 0.181 e. The Bertz CT molecular complexity index is 463. The fraction of sp³-hybridized carbons (Fsp3) is 0.600. The largest absolute Gasteiger partial charge is 0.346 e. The lowest BCUT2D eigenvalue weighted by Gasteiger charge is -2.42. The average Bonchev–Trinajstić information content (AvgIpc) is 2.90. The van der Waals surface area contributed by atoms with Gasteiger partial charge < -0.3 is 15.2 Å². The standard InChI is InChI=1S/C15H21BrN2O2/c16-13-5-2-1-4-12(13)14(10-17)18-7-3-6-15(11-18)19-8-9-20-15/h1-2,4-5,14H,3,6-11,17H2. The van der Waals surface area contributed by atoms with E-state index in [1.807, 2.05) is 6.07 Å². The molecule has 2 saturated heterocycles. The van der Waals surface area contributed by atoms with Crippen molar-refractivity contribution in [3.05, 3.63) is 34.3 Å². The van der Waals surface area contributed by atoms with Gasteiger partial charge in [0, 0.05) is 23.5 Å². The summed E-state index contributed by atoms with van der Waals surface area (Å²) in [5.74, 6) is -0.396. The Morgan fingerprint density at radius 2 is 2.05 bits per heavy atom. The van der Waals surface area contributed by atoms with Gasteiger partial charge in [-0.05, 0) is 24.6 Å². The normalized spacial score (nSPS) is 24.1. The van der Waals surface area contributed by atoms with E-state index in [-0.39, 0.29) is 6.04 Å². The fourth-order valence-electron chi connectivity index (χ4n) is 3.24. The highest BCUT2D eigenvalue weighted by Crippen LogP contribution is 2.35. The number of ether oxygens (including phenoxy) is 2. The predicted octanol–water partition coefficient (Wildman–Crippen LogP) is 2.29. The highest BCUT2D eigenvalue weighted by atomic mass is 79.9. The van der Waals surface area contributed by atoms with Crippen molar-refractivity contribution < 1.29 is 9.47 Å². The first-order chi connectivity index (χ1) is 9.74. The maximum absolute atomic E-state index is 6.05. The summed E-state index contributed by atoms with van der Waals surface area (Å²) in [6.45, 7) is 3.85. The Morgan fingerprint density at radius 1 is 1.30 bits per heavy atom. The second-order valence-electron chi connectivity index (χ2n) is 5.45. The van der Waals surface area contributed by atoms with Crippen molar-refractivity contribution in [2.24, 2.45) is 5.73 Å². The number of rotatable bonds is 3. The molecule has 0 radical (unpaired) electrons. The molecule has 3 rings (SSSR count). The highest BCUT2D eigenvalue weighted by molar-refractivity contribution is 9.10. The molecule has 0 aromatic heterocycles. The molecule has 0 amide bonds. The minimum Gasteiger partial charge on any atom is -0.346 e. The van der Waals surface area contributed by atoms with Gasteiger partial charge in [-0.2, -0.15) is 0 Å². The molecule has 1 aromatic rings. The van der Waals surface area contributed by atoms with E-state index in [9.17, 15) is 0 Å². The van der Waals surface area contributed by atoms with Crippen LogP contribution in [0.4, 0.5) is 0 Å². The molecule has 20 heavy (non-hydrogen) atoms. The molecule has 5 heteroatoms. The second kappa shape index (κ2) is 6.12. The van der Waals surface area contributed by atoms with Crippen LogP contribution < -0.4 is 5.73 Å². The first-order valence-corrected chi connectivity index (χ1v) is 8.00. The van der Waals surface area contributed by atoms with Gasteiger partial charge in [-0.3, -0.25) is 4.90 Å². The van der Waals surface area contributed by atoms with Crippen LogP contribution in [-0.2, 0) is 9.47 Å². The number of benzene rings is 1. The van der Waals surface area contributed by atoms with Gasteiger partial charge in [-0.1, -0.05) is 34.1 Å². The van der Waals surface area contributed by atoms with Crippen LogP contribution in [0.3, 0.4) is 0 Å². The molecule has 1 atom stereocenters. The van der Waals surface area contributed by atoms with Crippen LogP contribution in [0, 0.1) is 0 Å². The van der Waals surface area contributed by atoms with Gasteiger partial charge in [0.2, 0.25) is 0 Å². The number of nitrogens with two attached hydrogens (primary N) is 1. The molecule has 0 saturated carbocycles. The van der Waals surface area contributed by atoms with E-state index in [2.05, 4.69) is 39.0 Å². The van der Waals surface area contributed by atoms with Crippen molar-refractivity contribution in [1.29, 1.82) is 0 Å². The Hall–Kier alpha value is -0.460. The van der Waals surface area contributed by atoms with Crippen LogP contribution in [-0.4, -0.2) is 43.5 Å². The van der Waals surface area contributed by atoms with Crippen molar-refractivity contribution in [1.82, 2.24) is 4.90 Å². The quantitative estimate of drug-likeness (QED) is 0.916. The molecule has 2 aliphatic heterocycles. The van der Waals surface area contributed by atoms with Gasteiger partial charge >= 0.3 is 0 Å². The van der Waals surface area contributed by atoms with Gasteiger partial charge in [0.25, 0.3) is 0 Å². The SMILES string of the molecule is NCC(c1ccccc1Br)N1CCCC2(C1)OCCO2. The first-order valence-electron chi connectivity index (χ1n) is 7.20. The van der Waals surface area contributed by atoms with E-state index in [1.54, 1.807) is 0 Å². The topological polar surface area (TPSA) is 47.7 Å². The fourth-order valence-corrected chi connectivity index (χ4v) is 3.78. The summed E-state index contributed by atoms with van der Waals surface area (Å²) < 4.78 is 12.8. The Kier molecular flexibility index (Phi) is 4.43. The van der Waals surface area contributed by atoms with Crippen molar-refractivity contribution >= 4 is 15.9 Å². The Balaban J connectivity index is 1.81. The number of hydrogen-bond donors (Lipinski definition) is 1. The summed E-state index contributed by atoms with van der Waals surface area (Å²) >= 11 is 3.63. The molecule has 0 bridgehead atoms. The smallest absolute Gasteiger partial charge is 0.181 e. The molecule has 4 nitrogen and oxygen atoms in total. The number of nitrogens with zero attached hydrogens (tertiary/aromatic N) is 1. The van der Waals surface area contributed by atoms with Gasteiger partial charge in [0.15, 0.2) is 5.79 Å². The Labute approximate surface area is 128 Å². The second-order valence-corrected chi connectivity index (χ2v) is 6.31. The minimum atomic E-state index is -0.396. The molecule has 2 aliphatic rings. The van der Waals surface area contributed by atoms with Crippen LogP contribution >= 0.6 is 15.9 Å². The number of likely N-dealkylation sites (tertiary alicyclic amines) is 1. The predicted molar refractivity (Wildman–Crippen MR) is 81.4 cm³/mol. The number of hydrogen-bond acceptors (Lipinski definition) is 4. The lowest BCUT2D eigenvalue weighted by molar-refractivity contribution is -0.193. The molecule has 110 valence electrons. The zero-order valence-electron chi connectivity index (χ0n) is 11.6. The third-order valence-electron chi connectivity index (χ3n) is 4.19. The summed E-state index contributed by atoms with van der Waals surface area (Å²) in [6, 6.07) is 8.50. The van der Waals surface area contributed by atoms with Crippen molar-refractivity contribution in [2.45, 2.75) is 24.7 Å². The molecule has 1 aromatic carbocycles. The monoisotopic (exact) mass is 340 g/mol. The molecule has 2 fully saturated rings. The van der Waals surface area contributed by atoms with Crippen molar-refractivity contribution in [3.8, 4) is 0 Å². The van der Waals surface area contributed by atoms with E-state index >= 15 is 0 Å². The van der Waals surface area contributed by atoms with Crippen LogP contribution in [0.2, 0.25) is 0 Å². The zero-order chi connectivity index (χ0) is 14.0. The lowest BCUT2D eigenvalue weighted by Crippen LogP contribution is -2.51. The van der Waals surface area contributed by atoms with E-state index < -0.39 is 5.79 Å². The highest BCUT2D eigenvalue weighted by Gasteiger charge is 2.42. The average molecular weight is 341 g/mol. The summed E-state index contributed by atoms with van der Waals surface area (Å²) in [6.07, 6.45) is 2.07. The maximum atomic E-state index is 6.05. The van der Waals surface area contributed by atoms with Crippen LogP contribution in [0.5, 0.6) is 0 Å². The van der Waals surface area contributed by atoms with Gasteiger partial charge in [-0.15, -0.1) is 0 Å². The van der Waals surface area contributed by atoms with Crippen molar-refractivity contribution in [3.63, 3.8) is 0 Å². The Morgan fingerprint density at radius 3 is 2.75 bits per heavy atom. The zero-order valence-corrected chi connectivity index (χ0v) is 13.1. The lowest BCUT2D eigenvalue weighted by atomic mass is 9.98. The van der Waals surface area contributed by atoms with E-state index in [1.165, 1.54) is 5.56 Å². The number of piperidine rings is 1. The molecule has 1 spiro atoms. The summed E-state index contributed by atoms with van der Waals surface area (Å²) in [4.78, 5) is 2.40. The van der Waals surface area contributed by atoms with Crippen LogP contribution in [0.25, 0.3) is 0 Å². The van der Waals surface area contributed by atoms with Gasteiger partial charge in [-0.25, -0.2) is 0 Å².